The molecule has 24 heavy (non-hydrogen) atoms. The van der Waals surface area contributed by atoms with Crippen LogP contribution in [-0.4, -0.2) is 35.1 Å². The molecule has 1 aromatic carbocycles. The Hall–Kier alpha value is -1.52. The molecule has 0 aliphatic heterocycles. The summed E-state index contributed by atoms with van der Waals surface area (Å²) in [5.41, 5.74) is -0.124. The summed E-state index contributed by atoms with van der Waals surface area (Å²) in [4.78, 5) is 17.0. The van der Waals surface area contributed by atoms with E-state index in [1.165, 1.54) is 0 Å². The van der Waals surface area contributed by atoms with Crippen molar-refractivity contribution in [3.63, 3.8) is 0 Å². The van der Waals surface area contributed by atoms with Gasteiger partial charge in [0, 0.05) is 23.0 Å². The average Bonchev–Trinajstić information content (AvgIpc) is 2.60. The molecule has 130 valence electrons. The highest BCUT2D eigenvalue weighted by molar-refractivity contribution is 6.37. The van der Waals surface area contributed by atoms with Crippen LogP contribution < -0.4 is 10.3 Å². The first kappa shape index (κ1) is 17.3. The van der Waals surface area contributed by atoms with Gasteiger partial charge in [0.2, 0.25) is 0 Å². The number of aromatic nitrogens is 1. The summed E-state index contributed by atoms with van der Waals surface area (Å²) in [6.45, 7) is 6.67. The molecule has 1 aliphatic carbocycles. The van der Waals surface area contributed by atoms with Crippen LogP contribution in [0.5, 0.6) is 5.75 Å². The van der Waals surface area contributed by atoms with E-state index >= 15 is 0 Å². The maximum atomic E-state index is 11.8. The van der Waals surface area contributed by atoms with Gasteiger partial charge >= 0.3 is 0 Å². The zero-order chi connectivity index (χ0) is 17.1. The second-order valence-corrected chi connectivity index (χ2v) is 6.79. The van der Waals surface area contributed by atoms with E-state index in [4.69, 9.17) is 16.3 Å². The molecule has 1 fully saturated rings. The van der Waals surface area contributed by atoms with Gasteiger partial charge in [-0.05, 0) is 57.0 Å². The quantitative estimate of drug-likeness (QED) is 0.880. The first-order valence-electron chi connectivity index (χ1n) is 8.84. The van der Waals surface area contributed by atoms with Crippen molar-refractivity contribution in [3.8, 4) is 5.75 Å². The minimum atomic E-state index is -0.124. The van der Waals surface area contributed by atoms with Gasteiger partial charge in [-0.25, -0.2) is 0 Å². The minimum absolute atomic E-state index is 0.124. The molecule has 1 aliphatic rings. The first-order chi connectivity index (χ1) is 11.6. The molecule has 0 spiro atoms. The summed E-state index contributed by atoms with van der Waals surface area (Å²) < 4.78 is 6.17. The summed E-state index contributed by atoms with van der Waals surface area (Å²) in [6, 6.07) is 6.10. The SMILES string of the molecule is CCN(CC)[C@H]1CC[C@@H](Oc2ccc3c(=O)[nH]ccc3c2Cl)CC1. The van der Waals surface area contributed by atoms with Crippen LogP contribution in [0, 0.1) is 0 Å². The van der Waals surface area contributed by atoms with Crippen LogP contribution in [0.3, 0.4) is 0 Å². The van der Waals surface area contributed by atoms with Crippen molar-refractivity contribution in [2.75, 3.05) is 13.1 Å². The summed E-state index contributed by atoms with van der Waals surface area (Å²) in [7, 11) is 0. The van der Waals surface area contributed by atoms with Crippen LogP contribution in [-0.2, 0) is 0 Å². The molecule has 1 heterocycles. The fraction of sp³-hybridized carbons (Fsp3) is 0.526. The van der Waals surface area contributed by atoms with Gasteiger partial charge < -0.3 is 14.6 Å². The standard InChI is InChI=1S/C19H25ClN2O2/c1-3-22(4-2)13-5-7-14(8-6-13)24-17-10-9-16-15(18(17)20)11-12-21-19(16)23/h9-14H,3-8H2,1-2H3,(H,21,23)/t13-,14+. The molecule has 0 saturated heterocycles. The summed E-state index contributed by atoms with van der Waals surface area (Å²) in [5, 5.41) is 1.87. The average molecular weight is 349 g/mol. The third-order valence-corrected chi connectivity index (χ3v) is 5.51. The van der Waals surface area contributed by atoms with E-state index in [2.05, 4.69) is 23.7 Å². The Balaban J connectivity index is 1.71. The van der Waals surface area contributed by atoms with Crippen molar-refractivity contribution < 1.29 is 4.74 Å². The van der Waals surface area contributed by atoms with E-state index in [1.54, 1.807) is 12.3 Å². The van der Waals surface area contributed by atoms with Gasteiger partial charge in [-0.3, -0.25) is 4.79 Å². The van der Waals surface area contributed by atoms with Crippen molar-refractivity contribution in [3.05, 3.63) is 39.8 Å². The topological polar surface area (TPSA) is 45.3 Å². The molecule has 0 bridgehead atoms. The molecule has 0 amide bonds. The number of ether oxygens (including phenoxy) is 1. The van der Waals surface area contributed by atoms with Crippen LogP contribution in [0.25, 0.3) is 10.8 Å². The number of hydrogen-bond donors (Lipinski definition) is 1. The Labute approximate surface area is 147 Å². The molecule has 5 heteroatoms. The molecular formula is C19H25ClN2O2. The van der Waals surface area contributed by atoms with Gasteiger partial charge in [-0.15, -0.1) is 0 Å². The maximum absolute atomic E-state index is 11.8. The van der Waals surface area contributed by atoms with Gasteiger partial charge in [-0.1, -0.05) is 25.4 Å². The predicted octanol–water partition coefficient (Wildman–Crippen LogP) is 4.21. The van der Waals surface area contributed by atoms with E-state index in [9.17, 15) is 4.79 Å². The number of rotatable bonds is 5. The lowest BCUT2D eigenvalue weighted by Crippen LogP contribution is -2.39. The normalized spacial score (nSPS) is 21.3. The number of fused-ring (bicyclic) bond motifs is 1. The molecular weight excluding hydrogens is 324 g/mol. The van der Waals surface area contributed by atoms with Gasteiger partial charge in [-0.2, -0.15) is 0 Å². The number of halogens is 1. The number of benzene rings is 1. The van der Waals surface area contributed by atoms with E-state index in [-0.39, 0.29) is 11.7 Å². The zero-order valence-corrected chi connectivity index (χ0v) is 15.1. The fourth-order valence-corrected chi connectivity index (χ4v) is 4.02. The fourth-order valence-electron chi connectivity index (χ4n) is 3.75. The Morgan fingerprint density at radius 2 is 1.83 bits per heavy atom. The van der Waals surface area contributed by atoms with Crippen molar-refractivity contribution in [1.82, 2.24) is 9.88 Å². The number of nitrogens with zero attached hydrogens (tertiary/aromatic N) is 1. The van der Waals surface area contributed by atoms with Crippen LogP contribution in [0.1, 0.15) is 39.5 Å². The second-order valence-electron chi connectivity index (χ2n) is 6.42. The van der Waals surface area contributed by atoms with Crippen molar-refractivity contribution in [1.29, 1.82) is 0 Å². The Morgan fingerprint density at radius 3 is 2.50 bits per heavy atom. The van der Waals surface area contributed by atoms with Crippen molar-refractivity contribution >= 4 is 22.4 Å². The van der Waals surface area contributed by atoms with Crippen LogP contribution in [0.2, 0.25) is 5.02 Å². The Morgan fingerprint density at radius 1 is 1.12 bits per heavy atom. The first-order valence-corrected chi connectivity index (χ1v) is 9.22. The minimum Gasteiger partial charge on any atom is -0.489 e. The monoisotopic (exact) mass is 348 g/mol. The van der Waals surface area contributed by atoms with Crippen molar-refractivity contribution in [2.24, 2.45) is 0 Å². The zero-order valence-electron chi connectivity index (χ0n) is 14.3. The molecule has 0 radical (unpaired) electrons. The highest BCUT2D eigenvalue weighted by atomic mass is 35.5. The second kappa shape index (κ2) is 7.58. The third kappa shape index (κ3) is 3.45. The number of hydrogen-bond acceptors (Lipinski definition) is 3. The molecule has 3 rings (SSSR count). The van der Waals surface area contributed by atoms with E-state index in [0.29, 0.717) is 22.2 Å². The summed E-state index contributed by atoms with van der Waals surface area (Å²) in [5.74, 6) is 0.682. The largest absolute Gasteiger partial charge is 0.489 e. The molecule has 0 atom stereocenters. The maximum Gasteiger partial charge on any atom is 0.255 e. The molecule has 1 N–H and O–H groups in total. The van der Waals surface area contributed by atoms with Gasteiger partial charge in [0.1, 0.15) is 5.75 Å². The molecule has 2 aromatic rings. The van der Waals surface area contributed by atoms with E-state index < -0.39 is 0 Å². The summed E-state index contributed by atoms with van der Waals surface area (Å²) >= 11 is 6.47. The Kier molecular flexibility index (Phi) is 5.47. The van der Waals surface area contributed by atoms with Gasteiger partial charge in [0.05, 0.1) is 11.1 Å². The Bertz CT molecular complexity index is 747. The lowest BCUT2D eigenvalue weighted by Gasteiger charge is -2.35. The van der Waals surface area contributed by atoms with E-state index in [0.717, 1.165) is 44.2 Å². The number of nitrogens with one attached hydrogen (secondary N) is 1. The van der Waals surface area contributed by atoms with E-state index in [1.807, 2.05) is 12.1 Å². The molecule has 1 saturated carbocycles. The number of aromatic amines is 1. The highest BCUT2D eigenvalue weighted by Gasteiger charge is 2.26. The van der Waals surface area contributed by atoms with Gasteiger partial charge in [0.15, 0.2) is 0 Å². The van der Waals surface area contributed by atoms with Crippen LogP contribution in [0.4, 0.5) is 0 Å². The predicted molar refractivity (Wildman–Crippen MR) is 99.2 cm³/mol. The van der Waals surface area contributed by atoms with Crippen LogP contribution >= 0.6 is 11.6 Å². The molecule has 0 unspecified atom stereocenters. The summed E-state index contributed by atoms with van der Waals surface area (Å²) in [6.07, 6.45) is 6.24. The third-order valence-electron chi connectivity index (χ3n) is 5.12. The smallest absolute Gasteiger partial charge is 0.255 e. The molecule has 1 aromatic heterocycles. The number of pyridine rings is 1. The number of H-pyrrole nitrogens is 1. The molecule has 4 nitrogen and oxygen atoms in total. The van der Waals surface area contributed by atoms with Gasteiger partial charge in [0.25, 0.3) is 5.56 Å². The van der Waals surface area contributed by atoms with Crippen LogP contribution in [0.15, 0.2) is 29.2 Å². The highest BCUT2D eigenvalue weighted by Crippen LogP contribution is 2.34. The lowest BCUT2D eigenvalue weighted by atomic mass is 9.91. The lowest BCUT2D eigenvalue weighted by molar-refractivity contribution is 0.0935. The van der Waals surface area contributed by atoms with Crippen molar-refractivity contribution in [2.45, 2.75) is 51.7 Å².